The first-order valence-electron chi connectivity index (χ1n) is 13.8. The summed E-state index contributed by atoms with van der Waals surface area (Å²) in [6, 6.07) is 3.31. The summed E-state index contributed by atoms with van der Waals surface area (Å²) in [5, 5.41) is 11.9. The van der Waals surface area contributed by atoms with Gasteiger partial charge >= 0.3 is 0 Å². The molecule has 2 aromatic rings. The van der Waals surface area contributed by atoms with Crippen molar-refractivity contribution in [2.24, 2.45) is 0 Å². The van der Waals surface area contributed by atoms with E-state index in [9.17, 15) is 21.9 Å². The first-order valence-corrected chi connectivity index (χ1v) is 17.1. The number of nitrogens with one attached hydrogen (secondary N) is 1. The molecule has 2 N–H and O–H groups in total. The lowest BCUT2D eigenvalue weighted by Gasteiger charge is -2.12. The predicted molar refractivity (Wildman–Crippen MR) is 152 cm³/mol. The number of benzene rings is 1. The highest BCUT2D eigenvalue weighted by atomic mass is 32.2. The Morgan fingerprint density at radius 1 is 0.658 bits per heavy atom. The number of nitrogens with zero attached hydrogens (tertiary/aromatic N) is 3. The van der Waals surface area contributed by atoms with Gasteiger partial charge in [-0.3, -0.25) is 0 Å². The third-order valence-electron chi connectivity index (χ3n) is 6.43. The number of rotatable bonds is 18. The Morgan fingerprint density at radius 3 is 1.47 bits per heavy atom. The van der Waals surface area contributed by atoms with Crippen molar-refractivity contribution in [1.82, 2.24) is 15.0 Å². The van der Waals surface area contributed by atoms with Gasteiger partial charge in [0.2, 0.25) is 25.6 Å². The molecule has 0 aliphatic carbocycles. The van der Waals surface area contributed by atoms with E-state index < -0.39 is 30.0 Å². The summed E-state index contributed by atoms with van der Waals surface area (Å²) in [5.41, 5.74) is 1.71. The number of aryl methyl sites for hydroxylation is 2. The van der Waals surface area contributed by atoms with Crippen molar-refractivity contribution < 1.29 is 21.9 Å². The first-order chi connectivity index (χ1) is 18.0. The van der Waals surface area contributed by atoms with Gasteiger partial charge in [-0.2, -0.15) is 15.0 Å². The second-order valence-electron chi connectivity index (χ2n) is 9.98. The molecule has 0 atom stereocenters. The molecule has 0 aliphatic heterocycles. The minimum atomic E-state index is -3.92. The monoisotopic (exact) mass is 568 g/mol. The summed E-state index contributed by atoms with van der Waals surface area (Å²) in [5.74, 6) is -0.323. The Balaban J connectivity index is 2.31. The normalized spacial score (nSPS) is 12.1. The number of anilines is 2. The number of phenols is 1. The molecule has 0 aliphatic rings. The quantitative estimate of drug-likeness (QED) is 0.159. The molecular weight excluding hydrogens is 524 g/mol. The molecule has 1 aromatic carbocycles. The van der Waals surface area contributed by atoms with Crippen LogP contribution < -0.4 is 5.32 Å². The summed E-state index contributed by atoms with van der Waals surface area (Å²) in [7, 11) is -7.83. The summed E-state index contributed by atoms with van der Waals surface area (Å²) < 4.78 is 52.4. The van der Waals surface area contributed by atoms with Gasteiger partial charge in [-0.05, 0) is 49.9 Å². The van der Waals surface area contributed by atoms with E-state index in [1.807, 2.05) is 0 Å². The average molecular weight is 569 g/mol. The molecule has 38 heavy (non-hydrogen) atoms. The minimum absolute atomic E-state index is 0.149. The fourth-order valence-electron chi connectivity index (χ4n) is 4.16. The Kier molecular flexibility index (Phi) is 12.9. The van der Waals surface area contributed by atoms with E-state index in [2.05, 4.69) is 34.1 Å². The van der Waals surface area contributed by atoms with Gasteiger partial charge in [0.05, 0.1) is 11.5 Å². The molecule has 0 fully saturated rings. The van der Waals surface area contributed by atoms with Gasteiger partial charge in [0.1, 0.15) is 5.75 Å². The largest absolute Gasteiger partial charge is 0.507 e. The number of aromatic hydroxyl groups is 1. The van der Waals surface area contributed by atoms with E-state index in [4.69, 9.17) is 0 Å². The summed E-state index contributed by atoms with van der Waals surface area (Å²) in [6.07, 6.45) is 10.9. The van der Waals surface area contributed by atoms with E-state index in [0.29, 0.717) is 29.7 Å². The number of hydrogen-bond donors (Lipinski definition) is 2. The van der Waals surface area contributed by atoms with E-state index in [-0.39, 0.29) is 23.2 Å². The van der Waals surface area contributed by atoms with Crippen molar-refractivity contribution in [1.29, 1.82) is 0 Å². The van der Waals surface area contributed by atoms with Crippen LogP contribution in [0.5, 0.6) is 5.75 Å². The Labute approximate surface area is 228 Å². The smallest absolute Gasteiger partial charge is 0.253 e. The highest BCUT2D eigenvalue weighted by molar-refractivity contribution is 7.91. The maximum Gasteiger partial charge on any atom is 0.253 e. The first kappa shape index (κ1) is 31.9. The Bertz CT molecular complexity index is 1160. The van der Waals surface area contributed by atoms with Crippen LogP contribution >= 0.6 is 0 Å². The maximum absolute atomic E-state index is 13.1. The van der Waals surface area contributed by atoms with Crippen LogP contribution in [0.2, 0.25) is 0 Å². The molecule has 0 saturated heterocycles. The van der Waals surface area contributed by atoms with Crippen LogP contribution in [-0.4, -0.2) is 48.4 Å². The highest BCUT2D eigenvalue weighted by Crippen LogP contribution is 2.27. The second-order valence-corrected chi connectivity index (χ2v) is 14.0. The van der Waals surface area contributed by atoms with E-state index in [1.54, 1.807) is 26.0 Å². The number of unbranched alkanes of at least 4 members (excludes halogenated alkanes) is 10. The van der Waals surface area contributed by atoms with Gasteiger partial charge < -0.3 is 10.4 Å². The Morgan fingerprint density at radius 2 is 1.05 bits per heavy atom. The zero-order valence-electron chi connectivity index (χ0n) is 23.3. The molecule has 214 valence electrons. The zero-order valence-corrected chi connectivity index (χ0v) is 24.9. The van der Waals surface area contributed by atoms with Gasteiger partial charge in [-0.1, -0.05) is 78.1 Å². The van der Waals surface area contributed by atoms with Crippen molar-refractivity contribution in [3.05, 3.63) is 23.3 Å². The van der Waals surface area contributed by atoms with Crippen LogP contribution in [0.15, 0.2) is 22.4 Å². The molecule has 0 spiro atoms. The predicted octanol–water partition coefficient (Wildman–Crippen LogP) is 6.21. The third-order valence-corrected chi connectivity index (χ3v) is 9.56. The van der Waals surface area contributed by atoms with Gasteiger partial charge in [0.25, 0.3) is 10.3 Å². The number of sulfone groups is 2. The average Bonchev–Trinajstić information content (AvgIpc) is 2.86. The van der Waals surface area contributed by atoms with E-state index in [0.717, 1.165) is 64.2 Å². The molecular formula is C27H44N4O5S2. The van der Waals surface area contributed by atoms with E-state index >= 15 is 0 Å². The second kappa shape index (κ2) is 15.4. The molecule has 2 rings (SSSR count). The van der Waals surface area contributed by atoms with Crippen molar-refractivity contribution in [2.45, 2.75) is 115 Å². The SMILES string of the molecule is CCCCCCCCS(=O)(=O)c1nc(Nc2cc(C)c(O)c(C)c2)nc(S(=O)(=O)CCCCCCCC)n1. The van der Waals surface area contributed by atoms with Crippen LogP contribution in [0.25, 0.3) is 0 Å². The minimum Gasteiger partial charge on any atom is -0.507 e. The number of phenolic OH excluding ortho intramolecular Hbond substituents is 1. The lowest BCUT2D eigenvalue weighted by Crippen LogP contribution is -2.19. The number of hydrogen-bond acceptors (Lipinski definition) is 9. The van der Waals surface area contributed by atoms with Crippen molar-refractivity contribution >= 4 is 31.3 Å². The van der Waals surface area contributed by atoms with Gasteiger partial charge in [0.15, 0.2) is 0 Å². The van der Waals surface area contributed by atoms with Gasteiger partial charge in [-0.15, -0.1) is 0 Å². The molecule has 9 nitrogen and oxygen atoms in total. The fourth-order valence-corrected chi connectivity index (χ4v) is 6.65. The molecule has 1 aromatic heterocycles. The lowest BCUT2D eigenvalue weighted by molar-refractivity contribution is 0.467. The third kappa shape index (κ3) is 10.1. The number of aromatic nitrogens is 3. The molecule has 1 heterocycles. The van der Waals surface area contributed by atoms with Crippen LogP contribution in [-0.2, 0) is 19.7 Å². The van der Waals surface area contributed by atoms with Gasteiger partial charge in [0, 0.05) is 5.69 Å². The molecule has 0 bridgehead atoms. The van der Waals surface area contributed by atoms with Crippen LogP contribution in [0.1, 0.15) is 102 Å². The molecule has 0 unspecified atom stereocenters. The van der Waals surface area contributed by atoms with Crippen LogP contribution in [0, 0.1) is 13.8 Å². The fraction of sp³-hybridized carbons (Fsp3) is 0.667. The summed E-state index contributed by atoms with van der Waals surface area (Å²) >= 11 is 0. The van der Waals surface area contributed by atoms with Crippen molar-refractivity contribution in [2.75, 3.05) is 16.8 Å². The standard InChI is InChI=1S/C27H44N4O5S2/c1-5-7-9-11-13-15-17-37(33,34)26-29-25(28-23-19-21(3)24(32)22(4)20-23)30-27(31-26)38(35,36)18-16-14-12-10-8-6-2/h19-20,32H,5-18H2,1-4H3,(H,28,29,30,31). The molecule has 0 radical (unpaired) electrons. The zero-order chi connectivity index (χ0) is 28.2. The van der Waals surface area contributed by atoms with E-state index in [1.165, 1.54) is 0 Å². The topological polar surface area (TPSA) is 139 Å². The van der Waals surface area contributed by atoms with Gasteiger partial charge in [-0.25, -0.2) is 16.8 Å². The Hall–Kier alpha value is -2.27. The maximum atomic E-state index is 13.1. The highest BCUT2D eigenvalue weighted by Gasteiger charge is 2.26. The molecule has 0 saturated carbocycles. The van der Waals surface area contributed by atoms with Crippen LogP contribution in [0.4, 0.5) is 11.6 Å². The van der Waals surface area contributed by atoms with Crippen molar-refractivity contribution in [3.8, 4) is 5.75 Å². The molecule has 0 amide bonds. The summed E-state index contributed by atoms with van der Waals surface area (Å²) in [6.45, 7) is 7.70. The summed E-state index contributed by atoms with van der Waals surface area (Å²) in [4.78, 5) is 12.2. The van der Waals surface area contributed by atoms with Crippen LogP contribution in [0.3, 0.4) is 0 Å². The molecule has 11 heteroatoms. The lowest BCUT2D eigenvalue weighted by atomic mass is 10.1. The van der Waals surface area contributed by atoms with Crippen molar-refractivity contribution in [3.63, 3.8) is 0 Å².